The molecule has 2 aliphatic heterocycles. The summed E-state index contributed by atoms with van der Waals surface area (Å²) in [6.07, 6.45) is 4.61. The lowest BCUT2D eigenvalue weighted by Gasteiger charge is -2.39. The average Bonchev–Trinajstić information content (AvgIpc) is 2.77. The van der Waals surface area contributed by atoms with Crippen molar-refractivity contribution < 1.29 is 4.79 Å². The summed E-state index contributed by atoms with van der Waals surface area (Å²) >= 11 is 0. The van der Waals surface area contributed by atoms with E-state index >= 15 is 0 Å². The number of rotatable bonds is 5. The molecule has 3 N–H and O–H groups in total. The zero-order chi connectivity index (χ0) is 16.4. The first-order valence-corrected chi connectivity index (χ1v) is 8.90. The van der Waals surface area contributed by atoms with Gasteiger partial charge in [0.1, 0.15) is 0 Å². The standard InChI is InChI=1S/C19H29N3O.ClH/c1-13(2)18(20)19(23)21-15-10-16-8-9-17(11-15)22(16)12-14-6-4-3-5-7-14;/h3-7,13,15-18H,8-12,20H2,1-2H3,(H,21,23);1H/t15?,16?,17?,18-;/m0./s1. The predicted octanol–water partition coefficient (Wildman–Crippen LogP) is 2.70. The first-order valence-electron chi connectivity index (χ1n) is 8.90. The van der Waals surface area contributed by atoms with Gasteiger partial charge in [-0.05, 0) is 37.2 Å². The molecular weight excluding hydrogens is 322 g/mol. The molecule has 2 aliphatic rings. The minimum Gasteiger partial charge on any atom is -0.352 e. The molecule has 2 unspecified atom stereocenters. The molecular formula is C19H30ClN3O. The van der Waals surface area contributed by atoms with E-state index in [-0.39, 0.29) is 30.3 Å². The van der Waals surface area contributed by atoms with Crippen LogP contribution in [0.25, 0.3) is 0 Å². The molecule has 2 saturated heterocycles. The number of hydrogen-bond acceptors (Lipinski definition) is 3. The molecule has 4 nitrogen and oxygen atoms in total. The van der Waals surface area contributed by atoms with Gasteiger partial charge < -0.3 is 11.1 Å². The fraction of sp³-hybridized carbons (Fsp3) is 0.632. The lowest BCUT2D eigenvalue weighted by molar-refractivity contribution is -0.124. The molecule has 0 radical (unpaired) electrons. The van der Waals surface area contributed by atoms with Gasteiger partial charge in [0.15, 0.2) is 0 Å². The summed E-state index contributed by atoms with van der Waals surface area (Å²) in [7, 11) is 0. The minimum absolute atomic E-state index is 0. The molecule has 0 aliphatic carbocycles. The van der Waals surface area contributed by atoms with Gasteiger partial charge in [0.05, 0.1) is 6.04 Å². The molecule has 5 heteroatoms. The fourth-order valence-corrected chi connectivity index (χ4v) is 4.04. The number of carbonyl (C=O) groups is 1. The normalized spacial score (nSPS) is 27.6. The van der Waals surface area contributed by atoms with Crippen LogP contribution in [0.4, 0.5) is 0 Å². The van der Waals surface area contributed by atoms with Crippen molar-refractivity contribution in [3.8, 4) is 0 Å². The Labute approximate surface area is 151 Å². The highest BCUT2D eigenvalue weighted by Gasteiger charge is 2.41. The number of halogens is 1. The molecule has 2 heterocycles. The van der Waals surface area contributed by atoms with Crippen LogP contribution in [0, 0.1) is 5.92 Å². The highest BCUT2D eigenvalue weighted by molar-refractivity contribution is 5.85. The Morgan fingerprint density at radius 2 is 1.79 bits per heavy atom. The molecule has 1 aromatic carbocycles. The molecule has 134 valence electrons. The fourth-order valence-electron chi connectivity index (χ4n) is 4.04. The average molecular weight is 352 g/mol. The van der Waals surface area contributed by atoms with Crippen molar-refractivity contribution in [3.05, 3.63) is 35.9 Å². The summed E-state index contributed by atoms with van der Waals surface area (Å²) in [5.41, 5.74) is 7.35. The van der Waals surface area contributed by atoms with Crippen molar-refractivity contribution in [1.29, 1.82) is 0 Å². The molecule has 3 rings (SSSR count). The topological polar surface area (TPSA) is 58.4 Å². The number of carbonyl (C=O) groups excluding carboxylic acids is 1. The third kappa shape index (κ3) is 4.29. The molecule has 0 saturated carbocycles. The molecule has 0 spiro atoms. The summed E-state index contributed by atoms with van der Waals surface area (Å²) in [6, 6.07) is 11.8. The van der Waals surface area contributed by atoms with Crippen molar-refractivity contribution in [2.24, 2.45) is 11.7 Å². The van der Waals surface area contributed by atoms with E-state index in [1.807, 2.05) is 13.8 Å². The lowest BCUT2D eigenvalue weighted by atomic mass is 9.95. The van der Waals surface area contributed by atoms with Gasteiger partial charge >= 0.3 is 0 Å². The summed E-state index contributed by atoms with van der Waals surface area (Å²) in [5, 5.41) is 3.19. The molecule has 24 heavy (non-hydrogen) atoms. The highest BCUT2D eigenvalue weighted by Crippen LogP contribution is 2.36. The second-order valence-corrected chi connectivity index (χ2v) is 7.49. The number of hydrogen-bond donors (Lipinski definition) is 2. The Morgan fingerprint density at radius 1 is 1.21 bits per heavy atom. The van der Waals surface area contributed by atoms with Gasteiger partial charge in [-0.2, -0.15) is 0 Å². The maximum Gasteiger partial charge on any atom is 0.237 e. The number of amides is 1. The molecule has 2 fully saturated rings. The third-order valence-electron chi connectivity index (χ3n) is 5.46. The van der Waals surface area contributed by atoms with Crippen molar-refractivity contribution in [2.75, 3.05) is 0 Å². The van der Waals surface area contributed by atoms with E-state index in [4.69, 9.17) is 5.73 Å². The smallest absolute Gasteiger partial charge is 0.237 e. The zero-order valence-electron chi connectivity index (χ0n) is 14.7. The maximum absolute atomic E-state index is 12.2. The quantitative estimate of drug-likeness (QED) is 0.857. The molecule has 2 bridgehead atoms. The number of fused-ring (bicyclic) bond motifs is 2. The Hall–Kier alpha value is -1.10. The monoisotopic (exact) mass is 351 g/mol. The Bertz CT molecular complexity index is 523. The highest BCUT2D eigenvalue weighted by atomic mass is 35.5. The number of piperidine rings is 1. The van der Waals surface area contributed by atoms with Gasteiger partial charge in [-0.25, -0.2) is 0 Å². The van der Waals surface area contributed by atoms with Gasteiger partial charge in [-0.1, -0.05) is 44.2 Å². The van der Waals surface area contributed by atoms with Crippen LogP contribution in [-0.2, 0) is 11.3 Å². The summed E-state index contributed by atoms with van der Waals surface area (Å²) in [4.78, 5) is 14.8. The number of nitrogens with zero attached hydrogens (tertiary/aromatic N) is 1. The first-order chi connectivity index (χ1) is 11.0. The third-order valence-corrected chi connectivity index (χ3v) is 5.46. The van der Waals surface area contributed by atoms with Crippen LogP contribution in [0.1, 0.15) is 45.1 Å². The van der Waals surface area contributed by atoms with E-state index in [2.05, 4.69) is 40.5 Å². The first kappa shape index (κ1) is 19.2. The lowest BCUT2D eigenvalue weighted by Crippen LogP contribution is -2.53. The van der Waals surface area contributed by atoms with Crippen molar-refractivity contribution in [3.63, 3.8) is 0 Å². The summed E-state index contributed by atoms with van der Waals surface area (Å²) < 4.78 is 0. The van der Waals surface area contributed by atoms with Gasteiger partial charge in [0.2, 0.25) is 5.91 Å². The zero-order valence-corrected chi connectivity index (χ0v) is 15.5. The van der Waals surface area contributed by atoms with E-state index in [0.29, 0.717) is 12.1 Å². The van der Waals surface area contributed by atoms with Crippen LogP contribution >= 0.6 is 12.4 Å². The SMILES string of the molecule is CC(C)[C@H](N)C(=O)NC1CC2CCC(C1)N2Cc1ccccc1.Cl. The van der Waals surface area contributed by atoms with Crippen LogP contribution in [0.2, 0.25) is 0 Å². The van der Waals surface area contributed by atoms with Crippen LogP contribution in [0.15, 0.2) is 30.3 Å². The van der Waals surface area contributed by atoms with Crippen molar-refractivity contribution in [2.45, 2.75) is 70.2 Å². The summed E-state index contributed by atoms with van der Waals surface area (Å²) in [6.45, 7) is 5.02. The van der Waals surface area contributed by atoms with Crippen LogP contribution in [-0.4, -0.2) is 35.0 Å². The van der Waals surface area contributed by atoms with E-state index < -0.39 is 6.04 Å². The second-order valence-electron chi connectivity index (χ2n) is 7.49. The molecule has 3 atom stereocenters. The van der Waals surface area contributed by atoms with Gasteiger partial charge in [0, 0.05) is 24.7 Å². The largest absolute Gasteiger partial charge is 0.352 e. The van der Waals surface area contributed by atoms with E-state index in [1.165, 1.54) is 18.4 Å². The minimum atomic E-state index is -0.394. The van der Waals surface area contributed by atoms with Crippen molar-refractivity contribution in [1.82, 2.24) is 10.2 Å². The predicted molar refractivity (Wildman–Crippen MR) is 100 cm³/mol. The summed E-state index contributed by atoms with van der Waals surface area (Å²) in [5.74, 6) is 0.200. The molecule has 1 aromatic rings. The molecule has 1 amide bonds. The van der Waals surface area contributed by atoms with Gasteiger partial charge in [-0.3, -0.25) is 9.69 Å². The van der Waals surface area contributed by atoms with Crippen molar-refractivity contribution >= 4 is 18.3 Å². The Balaban J connectivity index is 0.00000208. The second kappa shape index (κ2) is 8.32. The Morgan fingerprint density at radius 3 is 2.33 bits per heavy atom. The van der Waals surface area contributed by atoms with Gasteiger partial charge in [-0.15, -0.1) is 12.4 Å². The van der Waals surface area contributed by atoms with Crippen LogP contribution in [0.5, 0.6) is 0 Å². The van der Waals surface area contributed by atoms with Crippen LogP contribution < -0.4 is 11.1 Å². The Kier molecular flexibility index (Phi) is 6.67. The van der Waals surface area contributed by atoms with E-state index in [0.717, 1.165) is 19.4 Å². The van der Waals surface area contributed by atoms with Gasteiger partial charge in [0.25, 0.3) is 0 Å². The number of benzene rings is 1. The number of nitrogens with two attached hydrogens (primary N) is 1. The van der Waals surface area contributed by atoms with E-state index in [1.54, 1.807) is 0 Å². The van der Waals surface area contributed by atoms with E-state index in [9.17, 15) is 4.79 Å². The maximum atomic E-state index is 12.2. The number of nitrogens with one attached hydrogen (secondary N) is 1. The van der Waals surface area contributed by atoms with Crippen LogP contribution in [0.3, 0.4) is 0 Å². The molecule has 0 aromatic heterocycles.